The van der Waals surface area contributed by atoms with Gasteiger partial charge in [0.25, 0.3) is 0 Å². The molecule has 0 spiro atoms. The van der Waals surface area contributed by atoms with Crippen molar-refractivity contribution in [2.45, 2.75) is 13.8 Å². The Balaban J connectivity index is 3.03. The van der Waals surface area contributed by atoms with E-state index in [0.717, 1.165) is 16.9 Å². The summed E-state index contributed by atoms with van der Waals surface area (Å²) in [5, 5.41) is 0.685. The van der Waals surface area contributed by atoms with Gasteiger partial charge in [-0.05, 0) is 35.8 Å². The van der Waals surface area contributed by atoms with Crippen LogP contribution in [0.15, 0.2) is 21.5 Å². The minimum absolute atomic E-state index is 0.00681. The van der Waals surface area contributed by atoms with E-state index in [9.17, 15) is 4.79 Å². The zero-order valence-electron chi connectivity index (χ0n) is 7.89. The highest BCUT2D eigenvalue weighted by molar-refractivity contribution is 9.10. The Morgan fingerprint density at radius 1 is 1.43 bits per heavy atom. The van der Waals surface area contributed by atoms with Gasteiger partial charge in [0.15, 0.2) is 0 Å². The largest absolute Gasteiger partial charge is 0.358 e. The SMILES string of the molecule is Cc1cc2c(=O)c(Br)c[nH]c2c(C)n1. The predicted octanol–water partition coefficient (Wildman–Crippen LogP) is 2.30. The number of hydrogen-bond acceptors (Lipinski definition) is 2. The number of nitrogens with one attached hydrogen (secondary N) is 1. The minimum atomic E-state index is 0.00681. The van der Waals surface area contributed by atoms with Crippen LogP contribution in [-0.4, -0.2) is 9.97 Å². The Bertz CT molecular complexity index is 560. The van der Waals surface area contributed by atoms with Gasteiger partial charge < -0.3 is 4.98 Å². The van der Waals surface area contributed by atoms with E-state index in [1.807, 2.05) is 13.8 Å². The molecule has 0 aliphatic heterocycles. The average molecular weight is 253 g/mol. The second-order valence-corrected chi connectivity index (χ2v) is 4.09. The number of aromatic amines is 1. The zero-order valence-corrected chi connectivity index (χ0v) is 9.47. The first-order valence-electron chi connectivity index (χ1n) is 4.25. The number of aryl methyl sites for hydroxylation is 2. The first-order valence-corrected chi connectivity index (χ1v) is 5.04. The van der Waals surface area contributed by atoms with E-state index in [4.69, 9.17) is 0 Å². The number of H-pyrrole nitrogens is 1. The molecule has 14 heavy (non-hydrogen) atoms. The van der Waals surface area contributed by atoms with Crippen LogP contribution in [0.5, 0.6) is 0 Å². The smallest absolute Gasteiger partial charge is 0.203 e. The van der Waals surface area contributed by atoms with Crippen LogP contribution >= 0.6 is 15.9 Å². The van der Waals surface area contributed by atoms with Crippen LogP contribution in [0.4, 0.5) is 0 Å². The number of pyridine rings is 2. The van der Waals surface area contributed by atoms with Gasteiger partial charge in [-0.25, -0.2) is 0 Å². The van der Waals surface area contributed by atoms with Crippen molar-refractivity contribution < 1.29 is 0 Å². The average Bonchev–Trinajstić information content (AvgIpc) is 2.12. The third kappa shape index (κ3) is 1.35. The fourth-order valence-corrected chi connectivity index (χ4v) is 1.85. The van der Waals surface area contributed by atoms with Gasteiger partial charge >= 0.3 is 0 Å². The molecule has 0 aliphatic carbocycles. The van der Waals surface area contributed by atoms with Crippen molar-refractivity contribution in [3.8, 4) is 0 Å². The molecule has 2 rings (SSSR count). The summed E-state index contributed by atoms with van der Waals surface area (Å²) in [5.74, 6) is 0. The maximum Gasteiger partial charge on any atom is 0.203 e. The van der Waals surface area contributed by atoms with E-state index < -0.39 is 0 Å². The van der Waals surface area contributed by atoms with Crippen LogP contribution in [0.2, 0.25) is 0 Å². The number of aromatic nitrogens is 2. The van der Waals surface area contributed by atoms with Crippen LogP contribution < -0.4 is 5.43 Å². The molecule has 0 aromatic carbocycles. The standard InChI is InChI=1S/C10H9BrN2O/c1-5-3-7-9(6(2)13-5)12-4-8(11)10(7)14/h3-4H,1-2H3,(H,12,14). The second-order valence-electron chi connectivity index (χ2n) is 3.24. The first kappa shape index (κ1) is 9.40. The summed E-state index contributed by atoms with van der Waals surface area (Å²) in [5.41, 5.74) is 2.53. The number of halogens is 1. The Morgan fingerprint density at radius 3 is 2.86 bits per heavy atom. The van der Waals surface area contributed by atoms with E-state index in [2.05, 4.69) is 25.9 Å². The van der Waals surface area contributed by atoms with Gasteiger partial charge in [0.05, 0.1) is 21.1 Å². The van der Waals surface area contributed by atoms with Crippen molar-refractivity contribution in [1.82, 2.24) is 9.97 Å². The van der Waals surface area contributed by atoms with Gasteiger partial charge in [0, 0.05) is 11.9 Å². The molecule has 0 amide bonds. The Kier molecular flexibility index (Phi) is 2.15. The Morgan fingerprint density at radius 2 is 2.14 bits per heavy atom. The van der Waals surface area contributed by atoms with Gasteiger partial charge in [-0.2, -0.15) is 0 Å². The molecule has 0 radical (unpaired) electrons. The monoisotopic (exact) mass is 252 g/mol. The van der Waals surface area contributed by atoms with Gasteiger partial charge in [0.2, 0.25) is 5.43 Å². The molecule has 3 nitrogen and oxygen atoms in total. The van der Waals surface area contributed by atoms with E-state index in [1.165, 1.54) is 0 Å². The van der Waals surface area contributed by atoms with Gasteiger partial charge in [0.1, 0.15) is 0 Å². The lowest BCUT2D eigenvalue weighted by molar-refractivity contribution is 1.13. The van der Waals surface area contributed by atoms with E-state index in [1.54, 1.807) is 12.3 Å². The Hall–Kier alpha value is -1.16. The third-order valence-electron chi connectivity index (χ3n) is 2.13. The van der Waals surface area contributed by atoms with Crippen molar-refractivity contribution in [3.63, 3.8) is 0 Å². The summed E-state index contributed by atoms with van der Waals surface area (Å²) >= 11 is 3.20. The molecular formula is C10H9BrN2O. The van der Waals surface area contributed by atoms with Gasteiger partial charge in [-0.15, -0.1) is 0 Å². The molecule has 0 bridgehead atoms. The zero-order chi connectivity index (χ0) is 10.3. The van der Waals surface area contributed by atoms with E-state index >= 15 is 0 Å². The van der Waals surface area contributed by atoms with Crippen molar-refractivity contribution in [2.24, 2.45) is 0 Å². The fourth-order valence-electron chi connectivity index (χ4n) is 1.52. The fraction of sp³-hybridized carbons (Fsp3) is 0.200. The maximum atomic E-state index is 11.7. The molecule has 1 N–H and O–H groups in total. The molecule has 0 unspecified atom stereocenters. The van der Waals surface area contributed by atoms with E-state index in [0.29, 0.717) is 9.86 Å². The van der Waals surface area contributed by atoms with Crippen LogP contribution in [0.3, 0.4) is 0 Å². The number of hydrogen-bond donors (Lipinski definition) is 1. The molecule has 2 heterocycles. The lowest BCUT2D eigenvalue weighted by atomic mass is 10.2. The molecule has 0 fully saturated rings. The molecule has 0 saturated heterocycles. The quantitative estimate of drug-likeness (QED) is 0.782. The van der Waals surface area contributed by atoms with Gasteiger partial charge in [-0.3, -0.25) is 9.78 Å². The van der Waals surface area contributed by atoms with Crippen molar-refractivity contribution >= 4 is 26.8 Å². The highest BCUT2D eigenvalue weighted by Crippen LogP contribution is 2.14. The number of nitrogens with zero attached hydrogens (tertiary/aromatic N) is 1. The lowest BCUT2D eigenvalue weighted by Crippen LogP contribution is -2.05. The third-order valence-corrected chi connectivity index (χ3v) is 2.72. The summed E-state index contributed by atoms with van der Waals surface area (Å²) in [7, 11) is 0. The maximum absolute atomic E-state index is 11.7. The first-order chi connectivity index (χ1) is 6.59. The van der Waals surface area contributed by atoms with Crippen LogP contribution in [0.1, 0.15) is 11.4 Å². The molecule has 0 atom stereocenters. The molecule has 2 aromatic heterocycles. The molecular weight excluding hydrogens is 244 g/mol. The number of fused-ring (bicyclic) bond motifs is 1. The summed E-state index contributed by atoms with van der Waals surface area (Å²) < 4.78 is 0.551. The van der Waals surface area contributed by atoms with Crippen molar-refractivity contribution in [3.05, 3.63) is 38.3 Å². The number of rotatable bonds is 0. The lowest BCUT2D eigenvalue weighted by Gasteiger charge is -2.03. The Labute approximate surface area is 89.3 Å². The summed E-state index contributed by atoms with van der Waals surface area (Å²) in [6.07, 6.45) is 1.65. The van der Waals surface area contributed by atoms with Crippen LogP contribution in [0.25, 0.3) is 10.9 Å². The second kappa shape index (κ2) is 3.20. The van der Waals surface area contributed by atoms with Crippen molar-refractivity contribution in [2.75, 3.05) is 0 Å². The predicted molar refractivity (Wildman–Crippen MR) is 59.5 cm³/mol. The molecule has 72 valence electrons. The minimum Gasteiger partial charge on any atom is -0.358 e. The summed E-state index contributed by atoms with van der Waals surface area (Å²) in [6.45, 7) is 3.77. The van der Waals surface area contributed by atoms with Crippen LogP contribution in [0, 0.1) is 13.8 Å². The van der Waals surface area contributed by atoms with E-state index in [-0.39, 0.29) is 5.43 Å². The summed E-state index contributed by atoms with van der Waals surface area (Å²) in [6, 6.07) is 1.80. The van der Waals surface area contributed by atoms with Crippen molar-refractivity contribution in [1.29, 1.82) is 0 Å². The van der Waals surface area contributed by atoms with Crippen LogP contribution in [-0.2, 0) is 0 Å². The highest BCUT2D eigenvalue weighted by atomic mass is 79.9. The van der Waals surface area contributed by atoms with Gasteiger partial charge in [-0.1, -0.05) is 0 Å². The normalized spacial score (nSPS) is 10.8. The summed E-state index contributed by atoms with van der Waals surface area (Å²) in [4.78, 5) is 19.1. The molecule has 2 aromatic rings. The highest BCUT2D eigenvalue weighted by Gasteiger charge is 2.06. The topological polar surface area (TPSA) is 45.8 Å². The molecule has 0 saturated carbocycles. The molecule has 4 heteroatoms. The molecule has 0 aliphatic rings.